The van der Waals surface area contributed by atoms with E-state index in [0.717, 1.165) is 6.42 Å². The van der Waals surface area contributed by atoms with E-state index in [4.69, 9.17) is 5.73 Å². The summed E-state index contributed by atoms with van der Waals surface area (Å²) in [6.45, 7) is 4.55. The maximum absolute atomic E-state index is 6.76. The molecule has 2 heteroatoms. The number of rotatable bonds is 5. The second-order valence-corrected chi connectivity index (χ2v) is 7.38. The molecular formula is C19H32N2. The molecule has 1 aliphatic rings. The fraction of sp³-hybridized carbons (Fsp3) is 0.684. The Bertz CT molecular complexity index is 445. The molecule has 2 N–H and O–H groups in total. The van der Waals surface area contributed by atoms with Crippen LogP contribution in [0.4, 0.5) is 0 Å². The van der Waals surface area contributed by atoms with Gasteiger partial charge in [-0.1, -0.05) is 57.4 Å². The molecule has 0 aromatic heterocycles. The molecule has 0 heterocycles. The Hall–Kier alpha value is -0.860. The van der Waals surface area contributed by atoms with Gasteiger partial charge in [-0.3, -0.25) is 0 Å². The van der Waals surface area contributed by atoms with Gasteiger partial charge >= 0.3 is 0 Å². The predicted molar refractivity (Wildman–Crippen MR) is 91.4 cm³/mol. The maximum Gasteiger partial charge on any atom is 0.0482 e. The fourth-order valence-corrected chi connectivity index (χ4v) is 3.90. The lowest BCUT2D eigenvalue weighted by atomic mass is 9.73. The highest BCUT2D eigenvalue weighted by atomic mass is 15.2. The first kappa shape index (κ1) is 16.5. The van der Waals surface area contributed by atoms with Crippen molar-refractivity contribution in [3.8, 4) is 0 Å². The zero-order chi connectivity index (χ0) is 15.5. The number of hydrogen-bond acceptors (Lipinski definition) is 2. The summed E-state index contributed by atoms with van der Waals surface area (Å²) in [5, 5.41) is 0. The summed E-state index contributed by atoms with van der Waals surface area (Å²) in [5.74, 6) is 0.689. The van der Waals surface area contributed by atoms with Gasteiger partial charge in [0.1, 0.15) is 0 Å². The Morgan fingerprint density at radius 1 is 1.14 bits per heavy atom. The minimum Gasteiger partial charge on any atom is -0.322 e. The summed E-state index contributed by atoms with van der Waals surface area (Å²) in [5.41, 5.74) is 9.63. The van der Waals surface area contributed by atoms with Crippen LogP contribution in [0.5, 0.6) is 0 Å². The van der Waals surface area contributed by atoms with Crippen LogP contribution in [0.3, 0.4) is 0 Å². The van der Waals surface area contributed by atoms with Crippen molar-refractivity contribution in [2.45, 2.75) is 64.0 Å². The zero-order valence-electron chi connectivity index (χ0n) is 14.2. The molecule has 1 unspecified atom stereocenters. The van der Waals surface area contributed by atoms with Crippen molar-refractivity contribution in [1.29, 1.82) is 0 Å². The number of nitrogens with two attached hydrogens (primary N) is 1. The van der Waals surface area contributed by atoms with Gasteiger partial charge in [-0.25, -0.2) is 0 Å². The summed E-state index contributed by atoms with van der Waals surface area (Å²) < 4.78 is 0. The molecule has 1 aromatic carbocycles. The van der Waals surface area contributed by atoms with Gasteiger partial charge in [-0.05, 0) is 50.4 Å². The second kappa shape index (κ2) is 6.93. The molecule has 1 saturated carbocycles. The summed E-state index contributed by atoms with van der Waals surface area (Å²) in [7, 11) is 4.40. The van der Waals surface area contributed by atoms with Crippen molar-refractivity contribution >= 4 is 0 Å². The van der Waals surface area contributed by atoms with Crippen LogP contribution in [0.2, 0.25) is 0 Å². The first-order chi connectivity index (χ1) is 9.95. The van der Waals surface area contributed by atoms with E-state index < -0.39 is 0 Å². The monoisotopic (exact) mass is 288 g/mol. The van der Waals surface area contributed by atoms with Gasteiger partial charge < -0.3 is 10.6 Å². The Morgan fingerprint density at radius 2 is 1.81 bits per heavy atom. The number of likely N-dealkylation sites (N-methyl/N-ethyl adjacent to an activating group) is 1. The van der Waals surface area contributed by atoms with Crippen LogP contribution >= 0.6 is 0 Å². The fourth-order valence-electron chi connectivity index (χ4n) is 3.90. The van der Waals surface area contributed by atoms with Gasteiger partial charge in [0.15, 0.2) is 0 Å². The lowest BCUT2D eigenvalue weighted by molar-refractivity contribution is 0.0713. The third-order valence-corrected chi connectivity index (χ3v) is 5.14. The second-order valence-electron chi connectivity index (χ2n) is 7.38. The third kappa shape index (κ3) is 3.67. The third-order valence-electron chi connectivity index (χ3n) is 5.14. The van der Waals surface area contributed by atoms with Crippen LogP contribution in [-0.2, 0) is 6.42 Å². The maximum atomic E-state index is 6.76. The number of benzene rings is 1. The summed E-state index contributed by atoms with van der Waals surface area (Å²) in [6.07, 6.45) is 7.53. The zero-order valence-corrected chi connectivity index (χ0v) is 14.2. The van der Waals surface area contributed by atoms with Crippen molar-refractivity contribution in [3.63, 3.8) is 0 Å². The first-order valence-electron chi connectivity index (χ1n) is 8.47. The van der Waals surface area contributed by atoms with E-state index in [1.165, 1.54) is 43.2 Å². The van der Waals surface area contributed by atoms with Gasteiger partial charge in [0.2, 0.25) is 0 Å². The van der Waals surface area contributed by atoms with Crippen LogP contribution in [0.1, 0.15) is 63.1 Å². The molecule has 2 rings (SSSR count). The van der Waals surface area contributed by atoms with Crippen molar-refractivity contribution in [3.05, 3.63) is 35.4 Å². The van der Waals surface area contributed by atoms with Gasteiger partial charge in [-0.2, -0.15) is 0 Å². The smallest absolute Gasteiger partial charge is 0.0482 e. The topological polar surface area (TPSA) is 29.3 Å². The van der Waals surface area contributed by atoms with Gasteiger partial charge in [0.05, 0.1) is 0 Å². The molecule has 0 aliphatic heterocycles. The summed E-state index contributed by atoms with van der Waals surface area (Å²) in [6, 6.07) is 9.08. The van der Waals surface area contributed by atoms with E-state index in [2.05, 4.69) is 57.1 Å². The molecule has 1 aliphatic carbocycles. The van der Waals surface area contributed by atoms with E-state index in [9.17, 15) is 0 Å². The van der Waals surface area contributed by atoms with Gasteiger partial charge in [0, 0.05) is 11.6 Å². The molecule has 0 amide bonds. The van der Waals surface area contributed by atoms with Gasteiger partial charge in [0.25, 0.3) is 0 Å². The average molecular weight is 288 g/mol. The van der Waals surface area contributed by atoms with Crippen LogP contribution < -0.4 is 5.73 Å². The number of nitrogens with zero attached hydrogens (tertiary/aromatic N) is 1. The van der Waals surface area contributed by atoms with Crippen molar-refractivity contribution < 1.29 is 0 Å². The minimum absolute atomic E-state index is 0.111. The molecule has 118 valence electrons. The largest absolute Gasteiger partial charge is 0.322 e. The highest BCUT2D eigenvalue weighted by Gasteiger charge is 2.40. The Labute approximate surface area is 130 Å². The summed E-state index contributed by atoms with van der Waals surface area (Å²) in [4.78, 5) is 2.38. The Kier molecular flexibility index (Phi) is 5.45. The standard InChI is InChI=1S/C19H32N2/c1-15(2)13-16-9-8-10-17(14-16)18(20)19(21(3)4)11-6-5-7-12-19/h8-10,14-15,18H,5-7,11-13,20H2,1-4H3. The van der Waals surface area contributed by atoms with Crippen molar-refractivity contribution in [2.75, 3.05) is 14.1 Å². The van der Waals surface area contributed by atoms with Crippen LogP contribution in [0.25, 0.3) is 0 Å². The molecular weight excluding hydrogens is 256 g/mol. The lowest BCUT2D eigenvalue weighted by Crippen LogP contribution is -2.53. The van der Waals surface area contributed by atoms with Crippen molar-refractivity contribution in [2.24, 2.45) is 11.7 Å². The normalized spacial score (nSPS) is 20.0. The molecule has 21 heavy (non-hydrogen) atoms. The average Bonchev–Trinajstić information content (AvgIpc) is 2.46. The quantitative estimate of drug-likeness (QED) is 0.882. The van der Waals surface area contributed by atoms with E-state index in [1.54, 1.807) is 0 Å². The molecule has 1 aromatic rings. The molecule has 0 radical (unpaired) electrons. The highest BCUT2D eigenvalue weighted by molar-refractivity contribution is 5.29. The lowest BCUT2D eigenvalue weighted by Gasteiger charge is -2.47. The Morgan fingerprint density at radius 3 is 2.38 bits per heavy atom. The van der Waals surface area contributed by atoms with E-state index in [0.29, 0.717) is 5.92 Å². The molecule has 0 spiro atoms. The predicted octanol–water partition coefficient (Wildman–Crippen LogP) is 4.15. The first-order valence-corrected chi connectivity index (χ1v) is 8.47. The van der Waals surface area contributed by atoms with E-state index in [1.807, 2.05) is 0 Å². The SMILES string of the molecule is CC(C)Cc1cccc(C(N)C2(N(C)C)CCCCC2)c1. The molecule has 0 saturated heterocycles. The minimum atomic E-state index is 0.111. The Balaban J connectivity index is 2.26. The highest BCUT2D eigenvalue weighted by Crippen LogP contribution is 2.40. The molecule has 0 bridgehead atoms. The molecule has 1 atom stereocenters. The molecule has 2 nitrogen and oxygen atoms in total. The number of hydrogen-bond donors (Lipinski definition) is 1. The van der Waals surface area contributed by atoms with Crippen LogP contribution in [-0.4, -0.2) is 24.5 Å². The van der Waals surface area contributed by atoms with E-state index in [-0.39, 0.29) is 11.6 Å². The van der Waals surface area contributed by atoms with Crippen LogP contribution in [0, 0.1) is 5.92 Å². The van der Waals surface area contributed by atoms with Gasteiger partial charge in [-0.15, -0.1) is 0 Å². The van der Waals surface area contributed by atoms with Crippen LogP contribution in [0.15, 0.2) is 24.3 Å². The molecule has 1 fully saturated rings. The summed E-state index contributed by atoms with van der Waals surface area (Å²) >= 11 is 0. The van der Waals surface area contributed by atoms with Crippen molar-refractivity contribution in [1.82, 2.24) is 4.90 Å². The van der Waals surface area contributed by atoms with E-state index >= 15 is 0 Å².